The number of hydrogen-bond donors (Lipinski definition) is 3. The van der Waals surface area contributed by atoms with Crippen LogP contribution in [0.5, 0.6) is 5.75 Å². The average molecular weight is 317 g/mol. The molecular formula is C15H15N3O5. The Bertz CT molecular complexity index is 655. The highest BCUT2D eigenvalue weighted by molar-refractivity contribution is 5.93. The lowest BCUT2D eigenvalue weighted by Gasteiger charge is -2.08. The van der Waals surface area contributed by atoms with Gasteiger partial charge >= 0.3 is 5.91 Å². The highest BCUT2D eigenvalue weighted by atomic mass is 16.5. The fraction of sp³-hybridized carbons (Fsp3) is 0.133. The second kappa shape index (κ2) is 8.23. The van der Waals surface area contributed by atoms with Crippen LogP contribution in [0.1, 0.15) is 10.6 Å². The summed E-state index contributed by atoms with van der Waals surface area (Å²) >= 11 is 0. The lowest BCUT2D eigenvalue weighted by molar-refractivity contribution is -0.127. The zero-order valence-electron chi connectivity index (χ0n) is 12.1. The largest absolute Gasteiger partial charge is 0.484 e. The Morgan fingerprint density at radius 3 is 2.43 bits per heavy atom. The van der Waals surface area contributed by atoms with Crippen molar-refractivity contribution < 1.29 is 23.5 Å². The number of rotatable bonds is 6. The van der Waals surface area contributed by atoms with Crippen LogP contribution in [0.15, 0.2) is 53.1 Å². The number of furan rings is 1. The zero-order valence-corrected chi connectivity index (χ0v) is 12.1. The summed E-state index contributed by atoms with van der Waals surface area (Å²) in [5.41, 5.74) is 4.30. The van der Waals surface area contributed by atoms with Gasteiger partial charge in [-0.05, 0) is 24.3 Å². The predicted molar refractivity (Wildman–Crippen MR) is 79.3 cm³/mol. The number of para-hydroxylation sites is 1. The Kier molecular flexibility index (Phi) is 5.75. The Hall–Kier alpha value is -3.29. The summed E-state index contributed by atoms with van der Waals surface area (Å²) < 4.78 is 10.1. The van der Waals surface area contributed by atoms with Gasteiger partial charge in [0.25, 0.3) is 11.8 Å². The van der Waals surface area contributed by atoms with Crippen LogP contribution < -0.4 is 20.9 Å². The molecule has 1 heterocycles. The standard InChI is InChI=1S/C15H15N3O5/c19-13(17-18-15(21)12-7-4-8-22-12)9-16-14(20)10-23-11-5-2-1-3-6-11/h1-8H,9-10H2,(H,16,20)(H,17,19)(H,18,21). The molecule has 8 nitrogen and oxygen atoms in total. The maximum Gasteiger partial charge on any atom is 0.305 e. The first-order valence-electron chi connectivity index (χ1n) is 6.72. The minimum atomic E-state index is -0.595. The zero-order chi connectivity index (χ0) is 16.5. The molecule has 0 aliphatic carbocycles. The number of carbonyl (C=O) groups excluding carboxylic acids is 3. The quantitative estimate of drug-likeness (QED) is 0.661. The van der Waals surface area contributed by atoms with Gasteiger partial charge in [0.1, 0.15) is 5.75 Å². The number of hydrazine groups is 1. The maximum absolute atomic E-state index is 11.5. The van der Waals surface area contributed by atoms with E-state index in [0.29, 0.717) is 5.75 Å². The molecule has 2 rings (SSSR count). The van der Waals surface area contributed by atoms with Crippen molar-refractivity contribution in [3.05, 3.63) is 54.5 Å². The van der Waals surface area contributed by atoms with Crippen molar-refractivity contribution in [2.24, 2.45) is 0 Å². The molecule has 0 aliphatic heterocycles. The molecule has 0 atom stereocenters. The van der Waals surface area contributed by atoms with E-state index in [-0.39, 0.29) is 18.9 Å². The minimum absolute atomic E-state index is 0.0607. The number of benzene rings is 1. The molecule has 2 aromatic rings. The Morgan fingerprint density at radius 1 is 0.957 bits per heavy atom. The molecule has 8 heteroatoms. The van der Waals surface area contributed by atoms with Gasteiger partial charge in [-0.15, -0.1) is 0 Å². The molecule has 0 saturated heterocycles. The van der Waals surface area contributed by atoms with Crippen molar-refractivity contribution >= 4 is 17.7 Å². The van der Waals surface area contributed by atoms with E-state index in [9.17, 15) is 14.4 Å². The van der Waals surface area contributed by atoms with E-state index in [4.69, 9.17) is 9.15 Å². The monoisotopic (exact) mass is 317 g/mol. The van der Waals surface area contributed by atoms with E-state index in [1.54, 1.807) is 30.3 Å². The molecule has 0 bridgehead atoms. The van der Waals surface area contributed by atoms with Crippen LogP contribution in [0.3, 0.4) is 0 Å². The first-order chi connectivity index (χ1) is 11.1. The predicted octanol–water partition coefficient (Wildman–Crippen LogP) is 0.236. The van der Waals surface area contributed by atoms with Crippen LogP contribution in [0.2, 0.25) is 0 Å². The SMILES string of the molecule is O=C(COc1ccccc1)NCC(=O)NNC(=O)c1ccco1. The molecule has 0 unspecified atom stereocenters. The molecule has 1 aromatic heterocycles. The van der Waals surface area contributed by atoms with Crippen molar-refractivity contribution in [1.82, 2.24) is 16.2 Å². The fourth-order valence-corrected chi connectivity index (χ4v) is 1.54. The summed E-state index contributed by atoms with van der Waals surface area (Å²) in [6.45, 7) is -0.508. The minimum Gasteiger partial charge on any atom is -0.484 e. The molecule has 1 aromatic carbocycles. The summed E-state index contributed by atoms with van der Waals surface area (Å²) in [6, 6.07) is 11.8. The van der Waals surface area contributed by atoms with Crippen LogP contribution in [0.25, 0.3) is 0 Å². The summed E-state index contributed by atoms with van der Waals surface area (Å²) in [5.74, 6) is -1.02. The van der Waals surface area contributed by atoms with Gasteiger partial charge in [-0.2, -0.15) is 0 Å². The summed E-state index contributed by atoms with van der Waals surface area (Å²) in [4.78, 5) is 34.5. The van der Waals surface area contributed by atoms with Gasteiger partial charge in [0.15, 0.2) is 12.4 Å². The van der Waals surface area contributed by atoms with Gasteiger partial charge < -0.3 is 14.5 Å². The molecular weight excluding hydrogens is 302 g/mol. The summed E-state index contributed by atoms with van der Waals surface area (Å²) in [6.07, 6.45) is 1.34. The molecule has 0 aliphatic rings. The van der Waals surface area contributed by atoms with Crippen molar-refractivity contribution in [1.29, 1.82) is 0 Å². The molecule has 0 spiro atoms. The van der Waals surface area contributed by atoms with Gasteiger partial charge in [0.05, 0.1) is 12.8 Å². The normalized spacial score (nSPS) is 9.74. The van der Waals surface area contributed by atoms with E-state index in [0.717, 1.165) is 0 Å². The van der Waals surface area contributed by atoms with Crippen LogP contribution in [0.4, 0.5) is 0 Å². The molecule has 3 amide bonds. The van der Waals surface area contributed by atoms with Gasteiger partial charge in [0, 0.05) is 0 Å². The third-order valence-corrected chi connectivity index (χ3v) is 2.62. The topological polar surface area (TPSA) is 110 Å². The van der Waals surface area contributed by atoms with Crippen molar-refractivity contribution in [3.8, 4) is 5.75 Å². The Labute approximate surface area is 131 Å². The van der Waals surface area contributed by atoms with Crippen molar-refractivity contribution in [2.45, 2.75) is 0 Å². The number of carbonyl (C=O) groups is 3. The number of amides is 3. The highest BCUT2D eigenvalue weighted by Crippen LogP contribution is 2.07. The van der Waals surface area contributed by atoms with Crippen molar-refractivity contribution in [2.75, 3.05) is 13.2 Å². The molecule has 120 valence electrons. The number of ether oxygens (including phenoxy) is 1. The van der Waals surface area contributed by atoms with Gasteiger partial charge in [-0.25, -0.2) is 0 Å². The Balaban J connectivity index is 1.62. The Morgan fingerprint density at radius 2 is 1.74 bits per heavy atom. The first kappa shape index (κ1) is 16.1. The molecule has 0 radical (unpaired) electrons. The highest BCUT2D eigenvalue weighted by Gasteiger charge is 2.10. The molecule has 23 heavy (non-hydrogen) atoms. The van der Waals surface area contributed by atoms with Gasteiger partial charge in [0.2, 0.25) is 0 Å². The second-order valence-corrected chi connectivity index (χ2v) is 4.36. The lowest BCUT2D eigenvalue weighted by atomic mass is 10.3. The fourth-order valence-electron chi connectivity index (χ4n) is 1.54. The average Bonchev–Trinajstić information content (AvgIpc) is 3.11. The van der Waals surface area contributed by atoms with E-state index >= 15 is 0 Å². The third kappa shape index (κ3) is 5.54. The smallest absolute Gasteiger partial charge is 0.305 e. The van der Waals surface area contributed by atoms with E-state index in [2.05, 4.69) is 16.2 Å². The lowest BCUT2D eigenvalue weighted by Crippen LogP contribution is -2.46. The molecule has 3 N–H and O–H groups in total. The van der Waals surface area contributed by atoms with Crippen LogP contribution in [-0.2, 0) is 9.59 Å². The first-order valence-corrected chi connectivity index (χ1v) is 6.72. The van der Waals surface area contributed by atoms with Crippen LogP contribution >= 0.6 is 0 Å². The van der Waals surface area contributed by atoms with E-state index in [1.165, 1.54) is 12.3 Å². The van der Waals surface area contributed by atoms with Crippen LogP contribution in [-0.4, -0.2) is 30.9 Å². The summed E-state index contributed by atoms with van der Waals surface area (Å²) in [5, 5.41) is 2.36. The van der Waals surface area contributed by atoms with Gasteiger partial charge in [-0.1, -0.05) is 18.2 Å². The van der Waals surface area contributed by atoms with Crippen molar-refractivity contribution in [3.63, 3.8) is 0 Å². The molecule has 0 fully saturated rings. The van der Waals surface area contributed by atoms with E-state index < -0.39 is 17.7 Å². The molecule has 0 saturated carbocycles. The van der Waals surface area contributed by atoms with Gasteiger partial charge in [-0.3, -0.25) is 25.2 Å². The van der Waals surface area contributed by atoms with Crippen LogP contribution in [0, 0.1) is 0 Å². The third-order valence-electron chi connectivity index (χ3n) is 2.62. The number of nitrogens with one attached hydrogen (secondary N) is 3. The van der Waals surface area contributed by atoms with E-state index in [1.807, 2.05) is 6.07 Å². The second-order valence-electron chi connectivity index (χ2n) is 4.36. The summed E-state index contributed by atoms with van der Waals surface area (Å²) in [7, 11) is 0. The number of hydrogen-bond acceptors (Lipinski definition) is 5. The maximum atomic E-state index is 11.5.